The maximum absolute atomic E-state index is 13.6. The van der Waals surface area contributed by atoms with Crippen molar-refractivity contribution in [1.29, 1.82) is 0 Å². The molecule has 0 N–H and O–H groups in total. The van der Waals surface area contributed by atoms with Crippen molar-refractivity contribution in [2.45, 2.75) is 155 Å². The average Bonchev–Trinajstić information content (AvgIpc) is 1.12. The van der Waals surface area contributed by atoms with E-state index in [0.717, 1.165) is 101 Å². The summed E-state index contributed by atoms with van der Waals surface area (Å²) in [5.41, 5.74) is 9.10. The molecule has 27 nitrogen and oxygen atoms in total. The minimum absolute atomic E-state index is 0.0280. The van der Waals surface area contributed by atoms with E-state index in [1.807, 2.05) is 223 Å². The van der Waals surface area contributed by atoms with E-state index in [0.29, 0.717) is 94.8 Å². The van der Waals surface area contributed by atoms with E-state index >= 15 is 0 Å². The number of benzene rings is 6. The van der Waals surface area contributed by atoms with Crippen LogP contribution in [0.1, 0.15) is 143 Å². The number of fused-ring (bicyclic) bond motifs is 2. The molecule has 27 heteroatoms. The first-order valence-electron chi connectivity index (χ1n) is 41.1. The van der Waals surface area contributed by atoms with Gasteiger partial charge in [-0.15, -0.1) is 0 Å². The Labute approximate surface area is 702 Å². The number of aromatic nitrogens is 15. The number of para-hydroxylation sites is 1. The highest BCUT2D eigenvalue weighted by Crippen LogP contribution is 2.34. The quantitative estimate of drug-likeness (QED) is 0.0868. The van der Waals surface area contributed by atoms with Crippen LogP contribution in [-0.4, -0.2) is 193 Å². The van der Waals surface area contributed by atoms with Crippen molar-refractivity contribution in [2.24, 2.45) is 0 Å². The number of pyridine rings is 4. The van der Waals surface area contributed by atoms with Crippen LogP contribution in [-0.2, 0) is 0 Å². The van der Waals surface area contributed by atoms with Crippen molar-refractivity contribution in [3.63, 3.8) is 0 Å². The first-order chi connectivity index (χ1) is 58.9. The van der Waals surface area contributed by atoms with Crippen LogP contribution in [0.2, 0.25) is 0 Å². The van der Waals surface area contributed by atoms with Crippen LogP contribution in [0, 0.1) is 27.7 Å². The third kappa shape index (κ3) is 19.6. The third-order valence-electron chi connectivity index (χ3n) is 22.4. The predicted molar refractivity (Wildman–Crippen MR) is 459 cm³/mol. The fourth-order valence-corrected chi connectivity index (χ4v) is 15.8. The normalized spacial score (nSPS) is 18.9. The van der Waals surface area contributed by atoms with Crippen LogP contribution in [0.5, 0.6) is 23.5 Å². The summed E-state index contributed by atoms with van der Waals surface area (Å²) in [4.78, 5) is 92.6. The van der Waals surface area contributed by atoms with Gasteiger partial charge in [0.25, 0.3) is 23.6 Å². The number of carbonyl (C=O) groups excluding carboxylic acids is 4. The van der Waals surface area contributed by atoms with Crippen molar-refractivity contribution < 1.29 is 38.1 Å². The van der Waals surface area contributed by atoms with Gasteiger partial charge in [-0.25, -0.2) is 29.9 Å². The second-order valence-corrected chi connectivity index (χ2v) is 31.0. The molecular formula is C94H97N19O8. The molecule has 121 heavy (non-hydrogen) atoms. The zero-order valence-corrected chi connectivity index (χ0v) is 69.0. The lowest BCUT2D eigenvalue weighted by Crippen LogP contribution is -2.49. The van der Waals surface area contributed by atoms with Crippen LogP contribution in [0.4, 0.5) is 0 Å². The van der Waals surface area contributed by atoms with E-state index in [1.165, 1.54) is 14.4 Å². The molecular weight excluding hydrogens is 1520 g/mol. The van der Waals surface area contributed by atoms with E-state index in [-0.39, 0.29) is 72.2 Å². The van der Waals surface area contributed by atoms with Crippen LogP contribution in [0.3, 0.4) is 0 Å². The number of nitrogens with zero attached hydrogens (tertiary/aromatic N) is 19. The predicted octanol–water partition coefficient (Wildman–Crippen LogP) is 15.4. The van der Waals surface area contributed by atoms with Crippen molar-refractivity contribution in [2.75, 3.05) is 26.2 Å². The number of carbonyl (C=O) groups is 4. The van der Waals surface area contributed by atoms with Gasteiger partial charge in [0.1, 0.15) is 24.4 Å². The van der Waals surface area contributed by atoms with Crippen molar-refractivity contribution in [3.05, 3.63) is 295 Å². The Balaban J connectivity index is 0.000000126. The molecule has 0 aliphatic carbocycles. The number of piperidine rings is 4. The molecule has 0 saturated carbocycles. The van der Waals surface area contributed by atoms with Crippen molar-refractivity contribution in [1.82, 2.24) is 94.5 Å². The lowest BCUT2D eigenvalue weighted by Gasteiger charge is -2.38. The van der Waals surface area contributed by atoms with Gasteiger partial charge in [0.15, 0.2) is 5.82 Å². The zero-order valence-electron chi connectivity index (χ0n) is 69.0. The maximum Gasteiger partial charge on any atom is 0.256 e. The second kappa shape index (κ2) is 38.2. The average molecular weight is 1620 g/mol. The van der Waals surface area contributed by atoms with Gasteiger partial charge in [0.2, 0.25) is 23.5 Å². The maximum atomic E-state index is 13.6. The van der Waals surface area contributed by atoms with Gasteiger partial charge >= 0.3 is 0 Å². The van der Waals surface area contributed by atoms with Gasteiger partial charge < -0.3 is 38.5 Å². The van der Waals surface area contributed by atoms with Gasteiger partial charge in [-0.05, 0) is 202 Å². The Morgan fingerprint density at radius 1 is 0.322 bits per heavy atom. The highest BCUT2D eigenvalue weighted by Gasteiger charge is 2.38. The van der Waals surface area contributed by atoms with Crippen LogP contribution in [0.25, 0.3) is 50.0 Å². The number of rotatable bonds is 16. The summed E-state index contributed by atoms with van der Waals surface area (Å²) in [6, 6.07) is 58.4. The molecule has 8 atom stereocenters. The lowest BCUT2D eigenvalue weighted by atomic mass is 9.98. The summed E-state index contributed by atoms with van der Waals surface area (Å²) in [5, 5.41) is 29.4. The second-order valence-electron chi connectivity index (χ2n) is 31.0. The van der Waals surface area contributed by atoms with Crippen LogP contribution in [0.15, 0.2) is 250 Å². The SMILES string of the molecule is C[C@@H]1CC[C@@H](Oc2nccc3ccccc23)CN1C(=O)c1ccccc1-c1ncccn1.C[C@@H]1CC[C@@H](Oc2nccc3ccccc23)CN1C(=O)c1ccccc1-n1nccn1.Cc1ccc(-n2nccn2)c(C(=O)N2C[C@H](Oc3cccc(C)n3)CC[C@H]2C)c1.Cc1ccc(-n2nccn2)c(C(=O)N2C[C@H](Oc3ncccc3C)CC[C@H]2C)c1. The minimum atomic E-state index is -0.117. The number of aryl methyl sites for hydroxylation is 4. The van der Waals surface area contributed by atoms with Gasteiger partial charge in [-0.3, -0.25) is 19.2 Å². The van der Waals surface area contributed by atoms with Crippen LogP contribution < -0.4 is 18.9 Å². The standard InChI is InChI=1S/C26H24N4O2.C24H23N5O2.2C22H25N5O2/c1-18-11-12-20(32-25-21-8-3-2-7-19(21)13-16-29-25)17-30(18)26(31)23-10-5-4-9-22(23)24-27-14-6-15-28-24;1-17-10-11-19(31-23-20-7-3-2-6-18(20)12-13-25-23)16-28(17)24(30)21-8-4-5-9-22(21)29-26-14-15-27-29;1-15-6-9-20(27-24-11-12-25-27)19(13-15)22(28)26-14-18(8-7-17(26)3)29-21-16(2)5-4-10-23-21;1-15-7-10-20(27-23-11-12-24-27)19(13-15)22(28)26-14-18(9-8-17(26)3)29-21-6-4-5-16(2)25-21/h2-10,13-16,18,20H,11-12,17H2,1H3;2-9,12-15,17,19H,10-11,16H2,1H3;4-6,9-13,17-18H,7-8,14H2,1-3H3;4-7,10-13,17-18H,8-9,14H2,1-3H3/t18-,20-;17-,19-;2*17-,18-/m1111/s1. The van der Waals surface area contributed by atoms with Crippen LogP contribution >= 0.6 is 0 Å². The topological polar surface area (TPSA) is 288 Å². The number of likely N-dealkylation sites (tertiary alicyclic amines) is 4. The first kappa shape index (κ1) is 82.1. The van der Waals surface area contributed by atoms with E-state index < -0.39 is 0 Å². The summed E-state index contributed by atoms with van der Waals surface area (Å²) in [6.45, 7) is 18.3. The largest absolute Gasteiger partial charge is 0.472 e. The highest BCUT2D eigenvalue weighted by atomic mass is 16.5. The number of ether oxygens (including phenoxy) is 4. The van der Waals surface area contributed by atoms with Gasteiger partial charge in [0.05, 0.1) is 103 Å². The van der Waals surface area contributed by atoms with E-state index in [1.54, 1.807) is 74.2 Å². The Hall–Kier alpha value is -14.0. The number of amides is 4. The molecule has 18 rings (SSSR count). The molecule has 4 fully saturated rings. The van der Waals surface area contributed by atoms with Gasteiger partial charge in [-0.2, -0.15) is 45.0 Å². The summed E-state index contributed by atoms with van der Waals surface area (Å²) in [6.07, 6.45) is 24.9. The molecule has 6 aromatic carbocycles. The van der Waals surface area contributed by atoms with Gasteiger partial charge in [-0.1, -0.05) is 102 Å². The summed E-state index contributed by atoms with van der Waals surface area (Å²) in [7, 11) is 0. The van der Waals surface area contributed by atoms with E-state index in [2.05, 4.69) is 88.2 Å². The molecule has 0 spiro atoms. The molecule has 0 radical (unpaired) electrons. The molecule has 4 amide bonds. The molecule has 616 valence electrons. The van der Waals surface area contributed by atoms with E-state index in [4.69, 9.17) is 18.9 Å². The fourth-order valence-electron chi connectivity index (χ4n) is 15.8. The first-order valence-corrected chi connectivity index (χ1v) is 41.1. The minimum Gasteiger partial charge on any atom is -0.472 e. The summed E-state index contributed by atoms with van der Waals surface area (Å²) in [5.74, 6) is 2.90. The molecule has 0 unspecified atom stereocenters. The molecule has 4 aliphatic heterocycles. The van der Waals surface area contributed by atoms with Crippen molar-refractivity contribution in [3.8, 4) is 52.0 Å². The fraction of sp³-hybridized carbons (Fsp3) is 0.298. The molecule has 0 bridgehead atoms. The zero-order chi connectivity index (χ0) is 83.9. The summed E-state index contributed by atoms with van der Waals surface area (Å²) < 4.78 is 24.9. The number of hydrogen-bond acceptors (Lipinski definition) is 20. The highest BCUT2D eigenvalue weighted by molar-refractivity contribution is 6.01. The Morgan fingerprint density at radius 3 is 1.18 bits per heavy atom. The molecule has 8 aromatic heterocycles. The molecule has 4 aliphatic rings. The van der Waals surface area contributed by atoms with E-state index in [9.17, 15) is 19.2 Å². The summed E-state index contributed by atoms with van der Waals surface area (Å²) >= 11 is 0. The molecule has 14 aromatic rings. The Kier molecular flexibility index (Phi) is 25.9. The van der Waals surface area contributed by atoms with Gasteiger partial charge in [0, 0.05) is 88.8 Å². The van der Waals surface area contributed by atoms with Crippen molar-refractivity contribution >= 4 is 45.2 Å². The Bertz CT molecular complexity index is 5870. The smallest absolute Gasteiger partial charge is 0.256 e. The molecule has 4 saturated heterocycles. The number of hydrogen-bond donors (Lipinski definition) is 0. The third-order valence-corrected chi connectivity index (χ3v) is 22.4. The lowest BCUT2D eigenvalue weighted by molar-refractivity contribution is 0.0368. The molecule has 12 heterocycles. The monoisotopic (exact) mass is 1620 g/mol. The Morgan fingerprint density at radius 2 is 0.711 bits per heavy atom.